The average molecular weight is 305 g/mol. The van der Waals surface area contributed by atoms with E-state index >= 15 is 0 Å². The minimum Gasteiger partial charge on any atom is -0.358 e. The zero-order valence-electron chi connectivity index (χ0n) is 9.38. The van der Waals surface area contributed by atoms with E-state index in [4.69, 9.17) is 10.5 Å². The van der Waals surface area contributed by atoms with Gasteiger partial charge in [-0.2, -0.15) is 5.92 Å². The van der Waals surface area contributed by atoms with Crippen molar-refractivity contribution >= 4 is 0 Å². The molecule has 0 amide bonds. The van der Waals surface area contributed by atoms with Crippen LogP contribution in [-0.4, -0.2) is 0 Å². The van der Waals surface area contributed by atoms with E-state index in [0.29, 0.717) is 5.92 Å². The van der Waals surface area contributed by atoms with Crippen LogP contribution in [0.15, 0.2) is 30.3 Å². The fraction of sp³-hybridized carbons (Fsp3) is 0.231. The average Bonchev–Trinajstić information content (AvgIpc) is 2.27. The maximum atomic E-state index is 8.78. The molecule has 0 aliphatic carbocycles. The Morgan fingerprint density at radius 3 is 2.06 bits per heavy atom. The molecule has 0 heterocycles. The molecule has 0 N–H and O–H groups in total. The third-order valence-corrected chi connectivity index (χ3v) is 2.20. The first-order valence-corrected chi connectivity index (χ1v) is 4.55. The van der Waals surface area contributed by atoms with Crippen LogP contribution in [0.2, 0.25) is 0 Å². The van der Waals surface area contributed by atoms with E-state index in [-0.39, 0.29) is 33.8 Å². The fourth-order valence-electron chi connectivity index (χ4n) is 1.47. The van der Waals surface area contributed by atoms with Gasteiger partial charge in [-0.05, 0) is 0 Å². The summed E-state index contributed by atoms with van der Waals surface area (Å²) in [5, 5.41) is 17.6. The first-order valence-electron chi connectivity index (χ1n) is 4.55. The van der Waals surface area contributed by atoms with Crippen LogP contribution >= 0.6 is 0 Å². The predicted octanol–water partition coefficient (Wildman–Crippen LogP) is 3.25. The fourth-order valence-corrected chi connectivity index (χ4v) is 1.47. The molecule has 0 aliphatic heterocycles. The van der Waals surface area contributed by atoms with Gasteiger partial charge in [0, 0.05) is 0 Å². The van der Waals surface area contributed by atoms with Gasteiger partial charge in [0.1, 0.15) is 0 Å². The summed E-state index contributed by atoms with van der Waals surface area (Å²) >= 11 is 0. The van der Waals surface area contributed by atoms with E-state index in [0.717, 1.165) is 12.0 Å². The maximum Gasteiger partial charge on any atom is 2.00 e. The van der Waals surface area contributed by atoms with E-state index in [2.05, 4.69) is 0 Å². The summed E-state index contributed by atoms with van der Waals surface area (Å²) in [7, 11) is 0. The number of nitrogens with zero attached hydrogens (tertiary/aromatic N) is 2. The van der Waals surface area contributed by atoms with E-state index in [1.54, 1.807) is 0 Å². The molecule has 1 atom stereocenters. The number of hydrogen-bond acceptors (Lipinski definition) is 2. The van der Waals surface area contributed by atoms with Gasteiger partial charge >= 0.3 is 20.4 Å². The molecule has 0 saturated heterocycles. The standard InChI is InChI=1S/C12H11N2.CH3.Pd/c1-2-12(11(8-13)9-14)10-6-4-3-5-7-10;;/h3-7,12H,2H2,1H3;1H3;/q2*-1;+2. The number of benzene rings is 1. The Morgan fingerprint density at radius 2 is 1.69 bits per heavy atom. The van der Waals surface area contributed by atoms with Crippen LogP contribution in [0, 0.1) is 36.0 Å². The molecule has 0 fully saturated rings. The molecule has 1 unspecified atom stereocenters. The Kier molecular flexibility index (Phi) is 9.63. The molecule has 0 aliphatic rings. The first kappa shape index (κ1) is 17.1. The van der Waals surface area contributed by atoms with E-state index in [9.17, 15) is 0 Å². The summed E-state index contributed by atoms with van der Waals surface area (Å²) in [6.07, 6.45) is 0.778. The molecule has 0 radical (unpaired) electrons. The Bertz CT molecular complexity index is 348. The molecule has 86 valence electrons. The maximum absolute atomic E-state index is 8.78. The van der Waals surface area contributed by atoms with Gasteiger partial charge in [-0.3, -0.25) is 0 Å². The molecule has 16 heavy (non-hydrogen) atoms. The molecule has 1 aromatic rings. The number of hydrogen-bond donors (Lipinski definition) is 0. The summed E-state index contributed by atoms with van der Waals surface area (Å²) in [6.45, 7) is 1.98. The third-order valence-electron chi connectivity index (χ3n) is 2.20. The van der Waals surface area contributed by atoms with Crippen molar-refractivity contribution in [3.8, 4) is 12.1 Å². The predicted molar refractivity (Wildman–Crippen MR) is 60.4 cm³/mol. The van der Waals surface area contributed by atoms with Crippen molar-refractivity contribution in [2.75, 3.05) is 0 Å². The van der Waals surface area contributed by atoms with Gasteiger partial charge in [-0.15, -0.1) is 5.92 Å². The van der Waals surface area contributed by atoms with Crippen molar-refractivity contribution in [3.05, 3.63) is 49.2 Å². The van der Waals surface area contributed by atoms with E-state index in [1.165, 1.54) is 0 Å². The monoisotopic (exact) mass is 304 g/mol. The Balaban J connectivity index is 0. The van der Waals surface area contributed by atoms with Crippen molar-refractivity contribution in [1.29, 1.82) is 10.5 Å². The summed E-state index contributed by atoms with van der Waals surface area (Å²) in [6, 6.07) is 13.6. The Morgan fingerprint density at radius 1 is 1.19 bits per heavy atom. The molecule has 1 rings (SSSR count). The minimum atomic E-state index is -0.0498. The number of nitriles is 2. The molecule has 3 heteroatoms. The summed E-state index contributed by atoms with van der Waals surface area (Å²) in [5.41, 5.74) is 1.04. The van der Waals surface area contributed by atoms with E-state index in [1.807, 2.05) is 49.4 Å². The summed E-state index contributed by atoms with van der Waals surface area (Å²) < 4.78 is 0. The van der Waals surface area contributed by atoms with Gasteiger partial charge in [0.25, 0.3) is 0 Å². The zero-order chi connectivity index (χ0) is 10.4. The van der Waals surface area contributed by atoms with Crippen molar-refractivity contribution in [1.82, 2.24) is 0 Å². The number of rotatable bonds is 3. The van der Waals surface area contributed by atoms with Crippen molar-refractivity contribution in [3.63, 3.8) is 0 Å². The molecule has 0 spiro atoms. The molecule has 2 nitrogen and oxygen atoms in total. The topological polar surface area (TPSA) is 47.6 Å². The second-order valence-corrected chi connectivity index (χ2v) is 3.01. The van der Waals surface area contributed by atoms with Crippen LogP contribution in [0.1, 0.15) is 24.8 Å². The second-order valence-electron chi connectivity index (χ2n) is 3.01. The SMILES string of the molecule is CCC(c1ccccc1)[C-](C#N)C#N.[CH3-].[Pd+2]. The Labute approximate surface area is 112 Å². The van der Waals surface area contributed by atoms with Crippen LogP contribution in [-0.2, 0) is 20.4 Å². The van der Waals surface area contributed by atoms with Crippen molar-refractivity contribution in [2.45, 2.75) is 19.3 Å². The van der Waals surface area contributed by atoms with Crippen LogP contribution in [0.25, 0.3) is 0 Å². The van der Waals surface area contributed by atoms with Gasteiger partial charge < -0.3 is 7.43 Å². The van der Waals surface area contributed by atoms with Gasteiger partial charge in [0.05, 0.1) is 0 Å². The zero-order valence-corrected chi connectivity index (χ0v) is 10.9. The van der Waals surface area contributed by atoms with Crippen molar-refractivity contribution in [2.24, 2.45) is 0 Å². The molecule has 0 aromatic heterocycles. The summed E-state index contributed by atoms with van der Waals surface area (Å²) in [5.74, 6) is 0.241. The van der Waals surface area contributed by atoms with E-state index < -0.39 is 0 Å². The van der Waals surface area contributed by atoms with Crippen LogP contribution < -0.4 is 0 Å². The minimum absolute atomic E-state index is 0. The largest absolute Gasteiger partial charge is 2.00 e. The van der Waals surface area contributed by atoms with Gasteiger partial charge in [-0.25, -0.2) is 10.5 Å². The first-order chi connectivity index (χ1) is 6.83. The van der Waals surface area contributed by atoms with Crippen LogP contribution in [0.3, 0.4) is 0 Å². The van der Waals surface area contributed by atoms with Gasteiger partial charge in [0.15, 0.2) is 0 Å². The molecule has 0 bridgehead atoms. The molecule has 0 saturated carbocycles. The van der Waals surface area contributed by atoms with Crippen LogP contribution in [0.4, 0.5) is 0 Å². The molecular weight excluding hydrogens is 291 g/mol. The quantitative estimate of drug-likeness (QED) is 0.636. The third kappa shape index (κ3) is 4.08. The smallest absolute Gasteiger partial charge is 0.358 e. The normalized spacial score (nSPS) is 9.69. The molecular formula is C13H14N2Pd. The van der Waals surface area contributed by atoms with Crippen LogP contribution in [0.5, 0.6) is 0 Å². The van der Waals surface area contributed by atoms with Crippen molar-refractivity contribution < 1.29 is 20.4 Å². The van der Waals surface area contributed by atoms with Gasteiger partial charge in [0.2, 0.25) is 0 Å². The van der Waals surface area contributed by atoms with Gasteiger partial charge in [-0.1, -0.05) is 61.4 Å². The summed E-state index contributed by atoms with van der Waals surface area (Å²) in [4.78, 5) is 0. The molecule has 1 aromatic carbocycles. The Hall–Kier alpha value is -1.27. The second kappa shape index (κ2) is 8.99.